The number of hydrogen-bond acceptors (Lipinski definition) is 5. The SMILES string of the molecule is CCCCOc1ccc(C(=O)NC[C@@H](c2cccs2)N2CCOCC2)cc1. The molecular weight excluding hydrogens is 360 g/mol. The van der Waals surface area contributed by atoms with Crippen LogP contribution in [0.3, 0.4) is 0 Å². The molecule has 2 aromatic rings. The largest absolute Gasteiger partial charge is 0.494 e. The third-order valence-corrected chi connectivity index (χ3v) is 5.67. The molecule has 3 rings (SSSR count). The second-order valence-electron chi connectivity index (χ2n) is 6.62. The Balaban J connectivity index is 1.57. The van der Waals surface area contributed by atoms with Crippen molar-refractivity contribution in [2.45, 2.75) is 25.8 Å². The van der Waals surface area contributed by atoms with Gasteiger partial charge in [0.25, 0.3) is 5.91 Å². The smallest absolute Gasteiger partial charge is 0.251 e. The number of hydrogen-bond donors (Lipinski definition) is 1. The van der Waals surface area contributed by atoms with E-state index in [4.69, 9.17) is 9.47 Å². The van der Waals surface area contributed by atoms with Crippen molar-refractivity contribution in [1.29, 1.82) is 0 Å². The van der Waals surface area contributed by atoms with Crippen molar-refractivity contribution < 1.29 is 14.3 Å². The number of ether oxygens (including phenoxy) is 2. The molecule has 0 bridgehead atoms. The molecule has 1 aliphatic heterocycles. The minimum atomic E-state index is -0.0510. The van der Waals surface area contributed by atoms with Gasteiger partial charge in [-0.3, -0.25) is 9.69 Å². The van der Waals surface area contributed by atoms with E-state index in [0.717, 1.165) is 44.9 Å². The number of carbonyl (C=O) groups excluding carboxylic acids is 1. The van der Waals surface area contributed by atoms with Crippen molar-refractivity contribution in [2.75, 3.05) is 39.5 Å². The number of amides is 1. The summed E-state index contributed by atoms with van der Waals surface area (Å²) in [5.41, 5.74) is 0.657. The molecule has 0 radical (unpaired) electrons. The van der Waals surface area contributed by atoms with Gasteiger partial charge < -0.3 is 14.8 Å². The minimum absolute atomic E-state index is 0.0510. The fourth-order valence-electron chi connectivity index (χ4n) is 3.11. The lowest BCUT2D eigenvalue weighted by atomic mass is 10.1. The predicted octanol–water partition coefficient (Wildman–Crippen LogP) is 3.73. The highest BCUT2D eigenvalue weighted by Crippen LogP contribution is 2.25. The van der Waals surface area contributed by atoms with Gasteiger partial charge in [0.2, 0.25) is 0 Å². The van der Waals surface area contributed by atoms with Gasteiger partial charge in [-0.15, -0.1) is 11.3 Å². The molecule has 1 aromatic heterocycles. The zero-order valence-electron chi connectivity index (χ0n) is 15.9. The molecule has 1 amide bonds. The summed E-state index contributed by atoms with van der Waals surface area (Å²) < 4.78 is 11.1. The number of thiophene rings is 1. The summed E-state index contributed by atoms with van der Waals surface area (Å²) in [7, 11) is 0. The molecule has 27 heavy (non-hydrogen) atoms. The van der Waals surface area contributed by atoms with E-state index in [1.165, 1.54) is 4.88 Å². The highest BCUT2D eigenvalue weighted by molar-refractivity contribution is 7.10. The summed E-state index contributed by atoms with van der Waals surface area (Å²) in [4.78, 5) is 16.2. The molecule has 1 atom stereocenters. The summed E-state index contributed by atoms with van der Waals surface area (Å²) in [6.07, 6.45) is 2.14. The number of benzene rings is 1. The molecule has 1 fully saturated rings. The quantitative estimate of drug-likeness (QED) is 0.665. The van der Waals surface area contributed by atoms with Gasteiger partial charge in [0, 0.05) is 30.1 Å². The maximum Gasteiger partial charge on any atom is 0.251 e. The molecular formula is C21H28N2O3S. The fourth-order valence-corrected chi connectivity index (χ4v) is 3.97. The number of nitrogens with zero attached hydrogens (tertiary/aromatic N) is 1. The standard InChI is InChI=1S/C21H28N2O3S/c1-2-3-12-26-18-8-6-17(7-9-18)21(24)22-16-19(20-5-4-15-27-20)23-10-13-25-14-11-23/h4-9,15,19H,2-3,10-14,16H2,1H3,(H,22,24)/t19-/m0/s1. The van der Waals surface area contributed by atoms with Gasteiger partial charge in [-0.2, -0.15) is 0 Å². The maximum absolute atomic E-state index is 12.6. The minimum Gasteiger partial charge on any atom is -0.494 e. The lowest BCUT2D eigenvalue weighted by Crippen LogP contribution is -2.43. The van der Waals surface area contributed by atoms with Crippen molar-refractivity contribution in [3.63, 3.8) is 0 Å². The number of carbonyl (C=O) groups is 1. The Labute approximate surface area is 165 Å². The predicted molar refractivity (Wildman–Crippen MR) is 109 cm³/mol. The zero-order valence-corrected chi connectivity index (χ0v) is 16.7. The first-order valence-electron chi connectivity index (χ1n) is 9.64. The monoisotopic (exact) mass is 388 g/mol. The van der Waals surface area contributed by atoms with Gasteiger partial charge in [0.15, 0.2) is 0 Å². The van der Waals surface area contributed by atoms with Crippen LogP contribution in [0.15, 0.2) is 41.8 Å². The lowest BCUT2D eigenvalue weighted by Gasteiger charge is -2.34. The van der Waals surface area contributed by atoms with Crippen molar-refractivity contribution >= 4 is 17.2 Å². The van der Waals surface area contributed by atoms with Gasteiger partial charge in [0.1, 0.15) is 5.75 Å². The molecule has 0 aliphatic carbocycles. The Morgan fingerprint density at radius 2 is 2.04 bits per heavy atom. The molecule has 2 heterocycles. The van der Waals surface area contributed by atoms with Crippen molar-refractivity contribution in [1.82, 2.24) is 10.2 Å². The van der Waals surface area contributed by atoms with Crippen molar-refractivity contribution in [3.05, 3.63) is 52.2 Å². The summed E-state index contributed by atoms with van der Waals surface area (Å²) in [5, 5.41) is 5.19. The Bertz CT molecular complexity index is 682. The summed E-state index contributed by atoms with van der Waals surface area (Å²) >= 11 is 1.73. The summed E-state index contributed by atoms with van der Waals surface area (Å²) in [5.74, 6) is 0.759. The average molecular weight is 389 g/mol. The van der Waals surface area contributed by atoms with E-state index in [9.17, 15) is 4.79 Å². The summed E-state index contributed by atoms with van der Waals surface area (Å²) in [6.45, 7) is 6.71. The molecule has 0 saturated carbocycles. The Morgan fingerprint density at radius 3 is 2.70 bits per heavy atom. The molecule has 0 spiro atoms. The van der Waals surface area contributed by atoms with Crippen LogP contribution in [0.4, 0.5) is 0 Å². The normalized spacial score (nSPS) is 16.0. The van der Waals surface area contributed by atoms with Crippen LogP contribution >= 0.6 is 11.3 Å². The van der Waals surface area contributed by atoms with E-state index in [2.05, 4.69) is 34.7 Å². The molecule has 1 aliphatic rings. The molecule has 146 valence electrons. The van der Waals surface area contributed by atoms with E-state index in [1.54, 1.807) is 11.3 Å². The van der Waals surface area contributed by atoms with E-state index >= 15 is 0 Å². The molecule has 5 nitrogen and oxygen atoms in total. The van der Waals surface area contributed by atoms with Gasteiger partial charge in [-0.25, -0.2) is 0 Å². The van der Waals surface area contributed by atoms with Crippen LogP contribution in [0.2, 0.25) is 0 Å². The van der Waals surface area contributed by atoms with Gasteiger partial charge in [0.05, 0.1) is 25.9 Å². The first-order valence-corrected chi connectivity index (χ1v) is 10.5. The first kappa shape index (κ1) is 19.9. The number of rotatable bonds is 9. The molecule has 0 unspecified atom stereocenters. The van der Waals surface area contributed by atoms with Crippen LogP contribution < -0.4 is 10.1 Å². The van der Waals surface area contributed by atoms with E-state index in [-0.39, 0.29) is 11.9 Å². The van der Waals surface area contributed by atoms with E-state index in [0.29, 0.717) is 18.7 Å². The van der Waals surface area contributed by atoms with E-state index in [1.807, 2.05) is 24.3 Å². The highest BCUT2D eigenvalue weighted by atomic mass is 32.1. The van der Waals surface area contributed by atoms with Crippen molar-refractivity contribution in [3.8, 4) is 5.75 Å². The number of nitrogens with one attached hydrogen (secondary N) is 1. The third kappa shape index (κ3) is 5.79. The fraction of sp³-hybridized carbons (Fsp3) is 0.476. The molecule has 1 aromatic carbocycles. The van der Waals surface area contributed by atoms with Crippen LogP contribution in [-0.2, 0) is 4.74 Å². The highest BCUT2D eigenvalue weighted by Gasteiger charge is 2.24. The van der Waals surface area contributed by atoms with Gasteiger partial charge in [-0.05, 0) is 42.1 Å². The molecule has 6 heteroatoms. The van der Waals surface area contributed by atoms with Crippen LogP contribution in [0, 0.1) is 0 Å². The third-order valence-electron chi connectivity index (χ3n) is 4.70. The van der Waals surface area contributed by atoms with Crippen LogP contribution in [0.25, 0.3) is 0 Å². The average Bonchev–Trinajstić information content (AvgIpc) is 3.24. The molecule has 1 saturated heterocycles. The van der Waals surface area contributed by atoms with Gasteiger partial charge in [-0.1, -0.05) is 19.4 Å². The maximum atomic E-state index is 12.6. The number of unbranched alkanes of at least 4 members (excludes halogenated alkanes) is 1. The topological polar surface area (TPSA) is 50.8 Å². The lowest BCUT2D eigenvalue weighted by molar-refractivity contribution is 0.0169. The second kappa shape index (κ2) is 10.4. The Morgan fingerprint density at radius 1 is 1.26 bits per heavy atom. The zero-order chi connectivity index (χ0) is 18.9. The first-order chi connectivity index (χ1) is 13.3. The van der Waals surface area contributed by atoms with Crippen molar-refractivity contribution in [2.24, 2.45) is 0 Å². The Kier molecular flexibility index (Phi) is 7.68. The molecule has 1 N–H and O–H groups in total. The second-order valence-corrected chi connectivity index (χ2v) is 7.60. The summed E-state index contributed by atoms with van der Waals surface area (Å²) in [6, 6.07) is 11.8. The van der Waals surface area contributed by atoms with Gasteiger partial charge >= 0.3 is 0 Å². The Hall–Kier alpha value is -1.89. The van der Waals surface area contributed by atoms with Crippen LogP contribution in [0.1, 0.15) is 41.0 Å². The van der Waals surface area contributed by atoms with Crippen LogP contribution in [-0.4, -0.2) is 50.3 Å². The number of morpholine rings is 1. The van der Waals surface area contributed by atoms with E-state index < -0.39 is 0 Å². The van der Waals surface area contributed by atoms with Crippen LogP contribution in [0.5, 0.6) is 5.75 Å².